The molecule has 126 valence electrons. The average Bonchev–Trinajstić information content (AvgIpc) is 2.38. The molecule has 3 amide bonds. The lowest BCUT2D eigenvalue weighted by Crippen LogP contribution is -2.50. The molecule has 0 saturated carbocycles. The maximum absolute atomic E-state index is 11.9. The van der Waals surface area contributed by atoms with Gasteiger partial charge in [0, 0.05) is 5.54 Å². The lowest BCUT2D eigenvalue weighted by molar-refractivity contribution is -0.153. The zero-order valence-corrected chi connectivity index (χ0v) is 14.2. The van der Waals surface area contributed by atoms with Gasteiger partial charge in [0.05, 0.1) is 6.42 Å². The van der Waals surface area contributed by atoms with Crippen molar-refractivity contribution < 1.29 is 19.1 Å². The Morgan fingerprint density at radius 1 is 1.17 bits per heavy atom. The molecule has 0 bridgehead atoms. The average molecular weight is 320 g/mol. The maximum Gasteiger partial charge on any atom is 0.321 e. The number of hydrogen-bond donors (Lipinski definition) is 2. The van der Waals surface area contributed by atoms with Crippen LogP contribution in [0.15, 0.2) is 24.3 Å². The van der Waals surface area contributed by atoms with Gasteiger partial charge >= 0.3 is 12.0 Å². The highest BCUT2D eigenvalue weighted by molar-refractivity contribution is 5.97. The number of ether oxygens (including phenoxy) is 1. The number of esters is 1. The molecule has 1 atom stereocenters. The molecule has 0 aliphatic rings. The zero-order chi connectivity index (χ0) is 17.6. The highest BCUT2D eigenvalue weighted by atomic mass is 16.5. The predicted octanol–water partition coefficient (Wildman–Crippen LogP) is 2.09. The number of hydrogen-bond acceptors (Lipinski definition) is 4. The molecule has 0 spiro atoms. The standard InChI is InChI=1S/C17H24N2O4/c1-11-8-6-7-9-13(11)10-14(20)23-12(2)15(21)18-16(22)19-17(3,4)5/h6-9,12H,10H2,1-5H3,(H2,18,19,21,22)/t12-/m0/s1. The van der Waals surface area contributed by atoms with Crippen LogP contribution in [-0.4, -0.2) is 29.6 Å². The van der Waals surface area contributed by atoms with E-state index in [1.165, 1.54) is 6.92 Å². The van der Waals surface area contributed by atoms with Gasteiger partial charge in [-0.25, -0.2) is 4.79 Å². The number of carbonyl (C=O) groups excluding carboxylic acids is 3. The minimum atomic E-state index is -1.04. The molecule has 0 radical (unpaired) electrons. The lowest BCUT2D eigenvalue weighted by Gasteiger charge is -2.21. The molecule has 0 aliphatic carbocycles. The van der Waals surface area contributed by atoms with Crippen LogP contribution in [0.3, 0.4) is 0 Å². The van der Waals surface area contributed by atoms with Crippen LogP contribution in [0.1, 0.15) is 38.8 Å². The normalized spacial score (nSPS) is 12.2. The number of carbonyl (C=O) groups is 3. The van der Waals surface area contributed by atoms with Crippen LogP contribution >= 0.6 is 0 Å². The molecule has 1 rings (SSSR count). The summed E-state index contributed by atoms with van der Waals surface area (Å²) >= 11 is 0. The third-order valence-electron chi connectivity index (χ3n) is 3.00. The van der Waals surface area contributed by atoms with Crippen molar-refractivity contribution in [3.8, 4) is 0 Å². The van der Waals surface area contributed by atoms with Gasteiger partial charge in [-0.05, 0) is 45.7 Å². The summed E-state index contributed by atoms with van der Waals surface area (Å²) < 4.78 is 5.07. The van der Waals surface area contributed by atoms with Gasteiger partial charge in [0.25, 0.3) is 5.91 Å². The number of aryl methyl sites for hydroxylation is 1. The van der Waals surface area contributed by atoms with E-state index in [0.29, 0.717) is 0 Å². The Labute approximate surface area is 136 Å². The van der Waals surface area contributed by atoms with Crippen molar-refractivity contribution >= 4 is 17.9 Å². The Hall–Kier alpha value is -2.37. The molecule has 2 N–H and O–H groups in total. The Balaban J connectivity index is 2.50. The van der Waals surface area contributed by atoms with E-state index in [0.717, 1.165) is 11.1 Å². The summed E-state index contributed by atoms with van der Waals surface area (Å²) in [7, 11) is 0. The molecular formula is C17H24N2O4. The van der Waals surface area contributed by atoms with Crippen LogP contribution in [0.5, 0.6) is 0 Å². The van der Waals surface area contributed by atoms with E-state index in [9.17, 15) is 14.4 Å². The SMILES string of the molecule is Cc1ccccc1CC(=O)O[C@@H](C)C(=O)NC(=O)NC(C)(C)C. The van der Waals surface area contributed by atoms with Crippen molar-refractivity contribution in [1.82, 2.24) is 10.6 Å². The number of urea groups is 1. The fraction of sp³-hybridized carbons (Fsp3) is 0.471. The minimum absolute atomic E-state index is 0.0818. The van der Waals surface area contributed by atoms with Crippen molar-refractivity contribution in [2.24, 2.45) is 0 Å². The topological polar surface area (TPSA) is 84.5 Å². The van der Waals surface area contributed by atoms with Gasteiger partial charge in [0.15, 0.2) is 6.10 Å². The quantitative estimate of drug-likeness (QED) is 0.832. The van der Waals surface area contributed by atoms with Crippen molar-refractivity contribution in [3.63, 3.8) is 0 Å². The largest absolute Gasteiger partial charge is 0.452 e. The van der Waals surface area contributed by atoms with Crippen molar-refractivity contribution in [2.45, 2.75) is 52.7 Å². The number of benzene rings is 1. The summed E-state index contributed by atoms with van der Waals surface area (Å²) in [5, 5.41) is 4.74. The van der Waals surface area contributed by atoms with E-state index in [4.69, 9.17) is 4.74 Å². The first-order chi connectivity index (χ1) is 10.6. The molecule has 0 aromatic heterocycles. The van der Waals surface area contributed by atoms with Crippen LogP contribution in [0.2, 0.25) is 0 Å². The molecular weight excluding hydrogens is 296 g/mol. The summed E-state index contributed by atoms with van der Waals surface area (Å²) in [6.07, 6.45) is -0.962. The van der Waals surface area contributed by atoms with Crippen molar-refractivity contribution in [2.75, 3.05) is 0 Å². The molecule has 0 fully saturated rings. The van der Waals surface area contributed by atoms with Gasteiger partial charge in [-0.3, -0.25) is 14.9 Å². The van der Waals surface area contributed by atoms with Crippen molar-refractivity contribution in [3.05, 3.63) is 35.4 Å². The van der Waals surface area contributed by atoms with Crippen LogP contribution < -0.4 is 10.6 Å². The van der Waals surface area contributed by atoms with E-state index in [1.807, 2.05) is 31.2 Å². The second-order valence-corrected chi connectivity index (χ2v) is 6.43. The second kappa shape index (κ2) is 7.76. The van der Waals surface area contributed by atoms with Gasteiger partial charge in [-0.15, -0.1) is 0 Å². The summed E-state index contributed by atoms with van der Waals surface area (Å²) in [5.41, 5.74) is 1.36. The first-order valence-corrected chi connectivity index (χ1v) is 7.45. The smallest absolute Gasteiger partial charge is 0.321 e. The van der Waals surface area contributed by atoms with E-state index < -0.39 is 29.6 Å². The van der Waals surface area contributed by atoms with Crippen LogP contribution in [0, 0.1) is 6.92 Å². The zero-order valence-electron chi connectivity index (χ0n) is 14.2. The van der Waals surface area contributed by atoms with Crippen LogP contribution in [0.25, 0.3) is 0 Å². The van der Waals surface area contributed by atoms with Crippen LogP contribution in [0.4, 0.5) is 4.79 Å². The molecule has 6 nitrogen and oxygen atoms in total. The van der Waals surface area contributed by atoms with Crippen LogP contribution in [-0.2, 0) is 20.7 Å². The van der Waals surface area contributed by atoms with Gasteiger partial charge in [-0.2, -0.15) is 0 Å². The van der Waals surface area contributed by atoms with Gasteiger partial charge in [0.2, 0.25) is 0 Å². The molecule has 1 aromatic rings. The third kappa shape index (κ3) is 6.95. The monoisotopic (exact) mass is 320 g/mol. The van der Waals surface area contributed by atoms with E-state index >= 15 is 0 Å². The van der Waals surface area contributed by atoms with Gasteiger partial charge in [-0.1, -0.05) is 24.3 Å². The molecule has 23 heavy (non-hydrogen) atoms. The Kier molecular flexibility index (Phi) is 6.30. The fourth-order valence-corrected chi connectivity index (χ4v) is 1.84. The van der Waals surface area contributed by atoms with E-state index in [2.05, 4.69) is 10.6 Å². The van der Waals surface area contributed by atoms with E-state index in [1.54, 1.807) is 20.8 Å². The lowest BCUT2D eigenvalue weighted by atomic mass is 10.1. The molecule has 0 unspecified atom stereocenters. The Morgan fingerprint density at radius 3 is 2.35 bits per heavy atom. The number of nitrogens with one attached hydrogen (secondary N) is 2. The minimum Gasteiger partial charge on any atom is -0.452 e. The summed E-state index contributed by atoms with van der Waals surface area (Å²) in [6, 6.07) is 6.83. The summed E-state index contributed by atoms with van der Waals surface area (Å²) in [6.45, 7) is 8.71. The molecule has 1 aromatic carbocycles. The second-order valence-electron chi connectivity index (χ2n) is 6.43. The molecule has 0 heterocycles. The maximum atomic E-state index is 11.9. The Morgan fingerprint density at radius 2 is 1.78 bits per heavy atom. The number of imide groups is 1. The molecule has 0 aliphatic heterocycles. The highest BCUT2D eigenvalue weighted by Crippen LogP contribution is 2.09. The molecule has 0 saturated heterocycles. The first-order valence-electron chi connectivity index (χ1n) is 7.45. The van der Waals surface area contributed by atoms with E-state index in [-0.39, 0.29) is 6.42 Å². The molecule has 6 heteroatoms. The number of rotatable bonds is 4. The summed E-state index contributed by atoms with van der Waals surface area (Å²) in [4.78, 5) is 35.3. The van der Waals surface area contributed by atoms with Crippen molar-refractivity contribution in [1.29, 1.82) is 0 Å². The number of amides is 3. The predicted molar refractivity (Wildman–Crippen MR) is 86.9 cm³/mol. The Bertz CT molecular complexity index is 591. The highest BCUT2D eigenvalue weighted by Gasteiger charge is 2.22. The first kappa shape index (κ1) is 18.7. The summed E-state index contributed by atoms with van der Waals surface area (Å²) in [5.74, 6) is -1.18. The third-order valence-corrected chi connectivity index (χ3v) is 3.00. The van der Waals surface area contributed by atoms with Gasteiger partial charge < -0.3 is 10.1 Å². The fourth-order valence-electron chi connectivity index (χ4n) is 1.84. The van der Waals surface area contributed by atoms with Gasteiger partial charge in [0.1, 0.15) is 0 Å².